The van der Waals surface area contributed by atoms with E-state index in [0.29, 0.717) is 13.0 Å². The molecule has 3 unspecified atom stereocenters. The van der Waals surface area contributed by atoms with Gasteiger partial charge in [0.1, 0.15) is 17.6 Å². The molecule has 3 atom stereocenters. The standard InChI is InChI=1S/C19H28O4/c1-12-7-8-15(14(3)22-10-6-9-20)17-16(11-21)13(2)19(4,5)23-18(12)17/h7-8,11,13-14,16,20H,6,9-10H2,1-5H3. The van der Waals surface area contributed by atoms with E-state index < -0.39 is 0 Å². The van der Waals surface area contributed by atoms with Crippen molar-refractivity contribution < 1.29 is 19.4 Å². The maximum absolute atomic E-state index is 11.8. The quantitative estimate of drug-likeness (QED) is 0.643. The van der Waals surface area contributed by atoms with Crippen molar-refractivity contribution in [3.63, 3.8) is 0 Å². The zero-order valence-corrected chi connectivity index (χ0v) is 14.8. The van der Waals surface area contributed by atoms with Gasteiger partial charge in [-0.05, 0) is 45.2 Å². The lowest BCUT2D eigenvalue weighted by Crippen LogP contribution is -2.44. The lowest BCUT2D eigenvalue weighted by atomic mass is 9.73. The number of benzene rings is 1. The van der Waals surface area contributed by atoms with Gasteiger partial charge in [-0.25, -0.2) is 0 Å². The zero-order chi connectivity index (χ0) is 17.2. The van der Waals surface area contributed by atoms with Gasteiger partial charge in [0.05, 0.1) is 6.10 Å². The molecule has 4 heteroatoms. The summed E-state index contributed by atoms with van der Waals surface area (Å²) in [5.41, 5.74) is 2.62. The third kappa shape index (κ3) is 3.43. The van der Waals surface area contributed by atoms with E-state index in [9.17, 15) is 4.79 Å². The van der Waals surface area contributed by atoms with E-state index in [4.69, 9.17) is 14.6 Å². The molecule has 1 heterocycles. The first-order valence-electron chi connectivity index (χ1n) is 8.33. The first-order valence-corrected chi connectivity index (χ1v) is 8.33. The fourth-order valence-corrected chi connectivity index (χ4v) is 3.20. The van der Waals surface area contributed by atoms with Crippen LogP contribution in [-0.2, 0) is 9.53 Å². The molecule has 0 amide bonds. The van der Waals surface area contributed by atoms with Crippen molar-refractivity contribution in [3.05, 3.63) is 28.8 Å². The third-order valence-electron chi connectivity index (χ3n) is 5.02. The lowest BCUT2D eigenvalue weighted by Gasteiger charge is -2.43. The van der Waals surface area contributed by atoms with Gasteiger partial charge in [0.2, 0.25) is 0 Å². The van der Waals surface area contributed by atoms with Crippen molar-refractivity contribution in [1.29, 1.82) is 0 Å². The van der Waals surface area contributed by atoms with Crippen molar-refractivity contribution in [2.75, 3.05) is 13.2 Å². The average Bonchev–Trinajstić information content (AvgIpc) is 2.50. The SMILES string of the molecule is Cc1ccc(C(C)OCCCO)c2c1OC(C)(C)C(C)C2C=O. The third-order valence-corrected chi connectivity index (χ3v) is 5.02. The molecule has 0 aromatic heterocycles. The molecule has 1 aromatic rings. The van der Waals surface area contributed by atoms with Crippen LogP contribution >= 0.6 is 0 Å². The van der Waals surface area contributed by atoms with E-state index in [0.717, 1.165) is 28.7 Å². The minimum Gasteiger partial charge on any atom is -0.487 e. The van der Waals surface area contributed by atoms with E-state index in [1.165, 1.54) is 0 Å². The topological polar surface area (TPSA) is 55.8 Å². The lowest BCUT2D eigenvalue weighted by molar-refractivity contribution is -0.113. The molecule has 0 saturated carbocycles. The Balaban J connectivity index is 2.46. The molecule has 0 saturated heterocycles. The number of aliphatic hydroxyl groups is 1. The van der Waals surface area contributed by atoms with Crippen LogP contribution < -0.4 is 4.74 Å². The number of hydrogen-bond acceptors (Lipinski definition) is 4. The first kappa shape index (κ1) is 18.0. The van der Waals surface area contributed by atoms with E-state index in [-0.39, 0.29) is 30.1 Å². The molecule has 1 aliphatic heterocycles. The van der Waals surface area contributed by atoms with Crippen LogP contribution in [0.3, 0.4) is 0 Å². The molecule has 1 aliphatic rings. The fourth-order valence-electron chi connectivity index (χ4n) is 3.20. The van der Waals surface area contributed by atoms with Crippen LogP contribution in [0, 0.1) is 12.8 Å². The molecule has 2 rings (SSSR count). The summed E-state index contributed by atoms with van der Waals surface area (Å²) in [7, 11) is 0. The summed E-state index contributed by atoms with van der Waals surface area (Å²) >= 11 is 0. The largest absolute Gasteiger partial charge is 0.487 e. The predicted octanol–water partition coefficient (Wildman–Crippen LogP) is 3.54. The molecule has 0 fully saturated rings. The second-order valence-corrected chi connectivity index (χ2v) is 6.96. The highest BCUT2D eigenvalue weighted by Crippen LogP contribution is 2.48. The van der Waals surface area contributed by atoms with Crippen molar-refractivity contribution >= 4 is 6.29 Å². The van der Waals surface area contributed by atoms with Gasteiger partial charge in [0.25, 0.3) is 0 Å². The summed E-state index contributed by atoms with van der Waals surface area (Å²) < 4.78 is 12.1. The van der Waals surface area contributed by atoms with Crippen LogP contribution in [0.4, 0.5) is 0 Å². The molecule has 4 nitrogen and oxygen atoms in total. The molecular weight excluding hydrogens is 292 g/mol. The van der Waals surface area contributed by atoms with Gasteiger partial charge in [0, 0.05) is 30.6 Å². The van der Waals surface area contributed by atoms with E-state index in [1.807, 2.05) is 39.8 Å². The summed E-state index contributed by atoms with van der Waals surface area (Å²) in [5.74, 6) is 0.700. The monoisotopic (exact) mass is 320 g/mol. The second kappa shape index (κ2) is 7.02. The van der Waals surface area contributed by atoms with E-state index >= 15 is 0 Å². The molecule has 128 valence electrons. The van der Waals surface area contributed by atoms with Crippen LogP contribution in [0.5, 0.6) is 5.75 Å². The minimum atomic E-state index is -0.386. The Hall–Kier alpha value is -1.39. The maximum Gasteiger partial charge on any atom is 0.128 e. The summed E-state index contributed by atoms with van der Waals surface area (Å²) in [6, 6.07) is 4.05. The van der Waals surface area contributed by atoms with Gasteiger partial charge in [-0.2, -0.15) is 0 Å². The van der Waals surface area contributed by atoms with Crippen molar-refractivity contribution in [1.82, 2.24) is 0 Å². The molecule has 0 spiro atoms. The van der Waals surface area contributed by atoms with Crippen LogP contribution in [0.25, 0.3) is 0 Å². The molecule has 1 N–H and O–H groups in total. The Morgan fingerprint density at radius 2 is 2.13 bits per heavy atom. The number of carbonyl (C=O) groups excluding carboxylic acids is 1. The first-order chi connectivity index (χ1) is 10.8. The van der Waals surface area contributed by atoms with Gasteiger partial charge in [0.15, 0.2) is 0 Å². The van der Waals surface area contributed by atoms with Crippen molar-refractivity contribution in [2.24, 2.45) is 5.92 Å². The Labute approximate surface area is 138 Å². The van der Waals surface area contributed by atoms with Crippen LogP contribution in [0.15, 0.2) is 12.1 Å². The number of rotatable bonds is 6. The summed E-state index contributed by atoms with van der Waals surface area (Å²) in [5, 5.41) is 8.90. The van der Waals surface area contributed by atoms with Crippen LogP contribution in [-0.4, -0.2) is 30.2 Å². The number of carbonyl (C=O) groups is 1. The summed E-state index contributed by atoms with van der Waals surface area (Å²) in [6.07, 6.45) is 1.50. The summed E-state index contributed by atoms with van der Waals surface area (Å²) in [6.45, 7) is 10.7. The molecule has 0 bridgehead atoms. The number of hydrogen-bond donors (Lipinski definition) is 1. The maximum atomic E-state index is 11.8. The number of aliphatic hydroxyl groups excluding tert-OH is 1. The number of aldehydes is 1. The van der Waals surface area contributed by atoms with Gasteiger partial charge >= 0.3 is 0 Å². The van der Waals surface area contributed by atoms with Gasteiger partial charge in [-0.15, -0.1) is 0 Å². The minimum absolute atomic E-state index is 0.0812. The highest BCUT2D eigenvalue weighted by molar-refractivity contribution is 5.69. The predicted molar refractivity (Wildman–Crippen MR) is 89.9 cm³/mol. The fraction of sp³-hybridized carbons (Fsp3) is 0.632. The van der Waals surface area contributed by atoms with Crippen LogP contribution in [0.1, 0.15) is 62.8 Å². The Kier molecular flexibility index (Phi) is 5.48. The molecule has 0 radical (unpaired) electrons. The zero-order valence-electron chi connectivity index (χ0n) is 14.8. The molecule has 0 aliphatic carbocycles. The van der Waals surface area contributed by atoms with Crippen molar-refractivity contribution in [2.45, 2.75) is 58.7 Å². The van der Waals surface area contributed by atoms with E-state index in [2.05, 4.69) is 6.92 Å². The van der Waals surface area contributed by atoms with Gasteiger partial charge in [-0.1, -0.05) is 19.1 Å². The smallest absolute Gasteiger partial charge is 0.128 e. The highest BCUT2D eigenvalue weighted by atomic mass is 16.5. The number of ether oxygens (including phenoxy) is 2. The molecular formula is C19H28O4. The Bertz CT molecular complexity index is 565. The number of fused-ring (bicyclic) bond motifs is 1. The average molecular weight is 320 g/mol. The van der Waals surface area contributed by atoms with E-state index in [1.54, 1.807) is 0 Å². The van der Waals surface area contributed by atoms with Crippen molar-refractivity contribution in [3.8, 4) is 5.75 Å². The normalized spacial score (nSPS) is 23.7. The second-order valence-electron chi connectivity index (χ2n) is 6.96. The number of aryl methyl sites for hydroxylation is 1. The molecule has 23 heavy (non-hydrogen) atoms. The molecule has 1 aromatic carbocycles. The Morgan fingerprint density at radius 3 is 2.74 bits per heavy atom. The van der Waals surface area contributed by atoms with Crippen LogP contribution in [0.2, 0.25) is 0 Å². The highest BCUT2D eigenvalue weighted by Gasteiger charge is 2.43. The van der Waals surface area contributed by atoms with Gasteiger partial charge < -0.3 is 19.4 Å². The van der Waals surface area contributed by atoms with Gasteiger partial charge in [-0.3, -0.25) is 0 Å². The summed E-state index contributed by atoms with van der Waals surface area (Å²) in [4.78, 5) is 11.8. The Morgan fingerprint density at radius 1 is 1.43 bits per heavy atom.